The lowest BCUT2D eigenvalue weighted by molar-refractivity contribution is 0.124. The zero-order chi connectivity index (χ0) is 13.8. The highest BCUT2D eigenvalue weighted by Crippen LogP contribution is 2.28. The van der Waals surface area contributed by atoms with E-state index in [0.29, 0.717) is 6.04 Å². The van der Waals surface area contributed by atoms with E-state index >= 15 is 0 Å². The third-order valence-corrected chi connectivity index (χ3v) is 3.43. The Morgan fingerprint density at radius 1 is 1.47 bits per heavy atom. The normalized spacial score (nSPS) is 15.2. The van der Waals surface area contributed by atoms with Gasteiger partial charge in [0.05, 0.1) is 11.4 Å². The van der Waals surface area contributed by atoms with Crippen LogP contribution in [0.1, 0.15) is 44.8 Å². The number of nitrogens with one attached hydrogen (secondary N) is 1. The summed E-state index contributed by atoms with van der Waals surface area (Å²) in [4.78, 5) is 0. The van der Waals surface area contributed by atoms with Crippen molar-refractivity contribution in [2.24, 2.45) is 5.92 Å². The van der Waals surface area contributed by atoms with Crippen molar-refractivity contribution in [2.45, 2.75) is 46.1 Å². The lowest BCUT2D eigenvalue weighted by atomic mass is 10.3. The molecule has 0 aliphatic heterocycles. The molecule has 19 heavy (non-hydrogen) atoms. The van der Waals surface area contributed by atoms with Gasteiger partial charge in [0.15, 0.2) is 0 Å². The highest BCUT2D eigenvalue weighted by atomic mass is 16.5. The van der Waals surface area contributed by atoms with Crippen LogP contribution in [0, 0.1) is 12.8 Å². The van der Waals surface area contributed by atoms with Gasteiger partial charge in [-0.15, -0.1) is 0 Å². The van der Waals surface area contributed by atoms with Crippen LogP contribution in [0.5, 0.6) is 0 Å². The molecular formula is C14H26N4O. The van der Waals surface area contributed by atoms with Crippen molar-refractivity contribution in [3.63, 3.8) is 0 Å². The Hall–Kier alpha value is -1.23. The summed E-state index contributed by atoms with van der Waals surface area (Å²) in [6, 6.07) is 0.310. The van der Waals surface area contributed by atoms with Crippen molar-refractivity contribution in [1.82, 2.24) is 9.78 Å². The van der Waals surface area contributed by atoms with Crippen LogP contribution in [-0.2, 0) is 4.74 Å². The molecule has 0 radical (unpaired) electrons. The molecule has 0 amide bonds. The van der Waals surface area contributed by atoms with E-state index in [4.69, 9.17) is 10.5 Å². The lowest BCUT2D eigenvalue weighted by Gasteiger charge is -2.13. The predicted molar refractivity (Wildman–Crippen MR) is 78.4 cm³/mol. The Labute approximate surface area is 115 Å². The second-order valence-electron chi connectivity index (χ2n) is 5.68. The fourth-order valence-electron chi connectivity index (χ4n) is 2.03. The third kappa shape index (κ3) is 3.86. The van der Waals surface area contributed by atoms with Gasteiger partial charge in [-0.25, -0.2) is 4.68 Å². The molecule has 1 saturated carbocycles. The second-order valence-corrected chi connectivity index (χ2v) is 5.68. The van der Waals surface area contributed by atoms with Crippen LogP contribution >= 0.6 is 0 Å². The third-order valence-electron chi connectivity index (χ3n) is 3.43. The summed E-state index contributed by atoms with van der Waals surface area (Å²) in [5.41, 5.74) is 7.70. The number of hydrogen-bond donors (Lipinski definition) is 2. The minimum Gasteiger partial charge on any atom is -0.394 e. The average molecular weight is 266 g/mol. The number of hydrogen-bond acceptors (Lipinski definition) is 4. The van der Waals surface area contributed by atoms with Crippen LogP contribution in [-0.4, -0.2) is 29.5 Å². The van der Waals surface area contributed by atoms with Crippen LogP contribution < -0.4 is 11.1 Å². The van der Waals surface area contributed by atoms with Gasteiger partial charge in [-0.1, -0.05) is 0 Å². The van der Waals surface area contributed by atoms with Gasteiger partial charge in [0.2, 0.25) is 0 Å². The summed E-state index contributed by atoms with van der Waals surface area (Å²) in [7, 11) is 0. The van der Waals surface area contributed by atoms with Crippen molar-refractivity contribution in [2.75, 3.05) is 30.8 Å². The topological polar surface area (TPSA) is 65.1 Å². The van der Waals surface area contributed by atoms with Gasteiger partial charge >= 0.3 is 0 Å². The van der Waals surface area contributed by atoms with Crippen molar-refractivity contribution in [3.05, 3.63) is 5.69 Å². The lowest BCUT2D eigenvalue weighted by Crippen LogP contribution is -2.13. The molecule has 0 bridgehead atoms. The van der Waals surface area contributed by atoms with Gasteiger partial charge in [0.1, 0.15) is 5.82 Å². The quantitative estimate of drug-likeness (QED) is 0.710. The molecule has 1 aliphatic rings. The summed E-state index contributed by atoms with van der Waals surface area (Å²) in [5, 5.41) is 7.84. The summed E-state index contributed by atoms with van der Waals surface area (Å²) in [5.74, 6) is 1.78. The van der Waals surface area contributed by atoms with E-state index in [1.165, 1.54) is 12.8 Å². The zero-order valence-corrected chi connectivity index (χ0v) is 12.3. The first-order valence-electron chi connectivity index (χ1n) is 7.25. The molecule has 5 nitrogen and oxygen atoms in total. The minimum atomic E-state index is 0.310. The Balaban J connectivity index is 1.74. The molecule has 1 aromatic rings. The van der Waals surface area contributed by atoms with Gasteiger partial charge in [-0.2, -0.15) is 5.10 Å². The Morgan fingerprint density at radius 2 is 2.21 bits per heavy atom. The van der Waals surface area contributed by atoms with Crippen molar-refractivity contribution in [1.29, 1.82) is 0 Å². The number of nitrogen functional groups attached to an aromatic ring is 1. The highest BCUT2D eigenvalue weighted by Gasteiger charge is 2.20. The molecule has 2 rings (SSSR count). The van der Waals surface area contributed by atoms with Gasteiger partial charge in [-0.3, -0.25) is 0 Å². The standard InChI is InChI=1S/C14H26N4O/c1-10(2)18-14(13(15)11(3)17-18)16-7-4-8-19-9-12-5-6-12/h10,12,16H,4-9,15H2,1-3H3. The number of aryl methyl sites for hydroxylation is 1. The van der Waals surface area contributed by atoms with E-state index in [9.17, 15) is 0 Å². The van der Waals surface area contributed by atoms with E-state index in [-0.39, 0.29) is 0 Å². The van der Waals surface area contributed by atoms with E-state index in [2.05, 4.69) is 24.3 Å². The molecular weight excluding hydrogens is 240 g/mol. The van der Waals surface area contributed by atoms with Crippen LogP contribution in [0.15, 0.2) is 0 Å². The summed E-state index contributed by atoms with van der Waals surface area (Å²) in [6.07, 6.45) is 3.69. The number of anilines is 2. The molecule has 3 N–H and O–H groups in total. The van der Waals surface area contributed by atoms with Crippen LogP contribution in [0.4, 0.5) is 11.5 Å². The first-order chi connectivity index (χ1) is 9.09. The summed E-state index contributed by atoms with van der Waals surface area (Å²) < 4.78 is 7.57. The van der Waals surface area contributed by atoms with E-state index in [0.717, 1.165) is 49.3 Å². The molecule has 108 valence electrons. The van der Waals surface area contributed by atoms with Crippen LogP contribution in [0.25, 0.3) is 0 Å². The predicted octanol–water partition coefficient (Wildman–Crippen LogP) is 2.58. The molecule has 1 heterocycles. The summed E-state index contributed by atoms with van der Waals surface area (Å²) >= 11 is 0. The number of rotatable bonds is 8. The first-order valence-corrected chi connectivity index (χ1v) is 7.25. The van der Waals surface area contributed by atoms with Gasteiger partial charge in [-0.05, 0) is 46.0 Å². The smallest absolute Gasteiger partial charge is 0.148 e. The van der Waals surface area contributed by atoms with Crippen LogP contribution in [0.3, 0.4) is 0 Å². The van der Waals surface area contributed by atoms with E-state index in [1.54, 1.807) is 0 Å². The number of ether oxygens (including phenoxy) is 1. The van der Waals surface area contributed by atoms with Crippen molar-refractivity contribution < 1.29 is 4.74 Å². The van der Waals surface area contributed by atoms with Crippen LogP contribution in [0.2, 0.25) is 0 Å². The Kier molecular flexibility index (Phi) is 4.69. The fourth-order valence-corrected chi connectivity index (χ4v) is 2.03. The first kappa shape index (κ1) is 14.2. The largest absolute Gasteiger partial charge is 0.394 e. The monoisotopic (exact) mass is 266 g/mol. The number of aromatic nitrogens is 2. The molecule has 1 aromatic heterocycles. The number of nitrogens with two attached hydrogens (primary N) is 1. The van der Waals surface area contributed by atoms with Gasteiger partial charge in [0.25, 0.3) is 0 Å². The van der Waals surface area contributed by atoms with Crippen molar-refractivity contribution in [3.8, 4) is 0 Å². The van der Waals surface area contributed by atoms with Gasteiger partial charge < -0.3 is 15.8 Å². The molecule has 0 aromatic carbocycles. The minimum absolute atomic E-state index is 0.310. The molecule has 0 atom stereocenters. The van der Waals surface area contributed by atoms with Gasteiger partial charge in [0, 0.05) is 25.8 Å². The number of nitrogens with zero attached hydrogens (tertiary/aromatic N) is 2. The fraction of sp³-hybridized carbons (Fsp3) is 0.786. The molecule has 0 spiro atoms. The Bertz CT molecular complexity index is 410. The maximum atomic E-state index is 6.05. The molecule has 1 aliphatic carbocycles. The van der Waals surface area contributed by atoms with Crippen molar-refractivity contribution >= 4 is 11.5 Å². The van der Waals surface area contributed by atoms with E-state index in [1.807, 2.05) is 11.6 Å². The summed E-state index contributed by atoms with van der Waals surface area (Å²) in [6.45, 7) is 8.78. The SMILES string of the molecule is Cc1nn(C(C)C)c(NCCCOCC2CC2)c1N. The Morgan fingerprint density at radius 3 is 2.84 bits per heavy atom. The highest BCUT2D eigenvalue weighted by molar-refractivity contribution is 5.64. The molecule has 0 saturated heterocycles. The molecule has 5 heteroatoms. The zero-order valence-electron chi connectivity index (χ0n) is 12.3. The maximum Gasteiger partial charge on any atom is 0.148 e. The molecule has 1 fully saturated rings. The average Bonchev–Trinajstić information content (AvgIpc) is 3.14. The van der Waals surface area contributed by atoms with E-state index < -0.39 is 0 Å². The maximum absolute atomic E-state index is 6.05. The molecule has 0 unspecified atom stereocenters. The second kappa shape index (κ2) is 6.28.